The van der Waals surface area contributed by atoms with Gasteiger partial charge in [0, 0.05) is 12.6 Å². The number of halogens is 3. The smallest absolute Gasteiger partial charge is 0.372 e. The monoisotopic (exact) mass is 269 g/mol. The maximum atomic E-state index is 11.8. The highest BCUT2D eigenvalue weighted by Crippen LogP contribution is 2.14. The Morgan fingerprint density at radius 3 is 2.39 bits per heavy atom. The SMILES string of the molecule is CCCNC(CC)CCCCCOCC(F)(F)F. The number of hydrogen-bond donors (Lipinski definition) is 1. The lowest BCUT2D eigenvalue weighted by atomic mass is 10.1. The zero-order valence-corrected chi connectivity index (χ0v) is 11.5. The molecule has 0 bridgehead atoms. The number of unbranched alkanes of at least 4 members (excludes halogenated alkanes) is 2. The number of alkyl halides is 3. The minimum atomic E-state index is -4.20. The Morgan fingerprint density at radius 1 is 1.11 bits per heavy atom. The molecular weight excluding hydrogens is 243 g/mol. The van der Waals surface area contributed by atoms with Crippen LogP contribution in [0.2, 0.25) is 0 Å². The molecule has 0 aliphatic rings. The van der Waals surface area contributed by atoms with Gasteiger partial charge in [0.2, 0.25) is 0 Å². The highest BCUT2D eigenvalue weighted by Gasteiger charge is 2.27. The summed E-state index contributed by atoms with van der Waals surface area (Å²) in [5.41, 5.74) is 0. The Hall–Kier alpha value is -0.290. The molecule has 2 nitrogen and oxygen atoms in total. The Bertz CT molecular complexity index is 186. The van der Waals surface area contributed by atoms with Crippen LogP contribution in [0.25, 0.3) is 0 Å². The Labute approximate surface area is 108 Å². The molecule has 0 aliphatic heterocycles. The lowest BCUT2D eigenvalue weighted by Gasteiger charge is -2.16. The van der Waals surface area contributed by atoms with Crippen molar-refractivity contribution in [1.29, 1.82) is 0 Å². The Kier molecular flexibility index (Phi) is 10.4. The average molecular weight is 269 g/mol. The van der Waals surface area contributed by atoms with Gasteiger partial charge < -0.3 is 10.1 Å². The van der Waals surface area contributed by atoms with Gasteiger partial charge in [-0.2, -0.15) is 13.2 Å². The van der Waals surface area contributed by atoms with Crippen LogP contribution in [0.3, 0.4) is 0 Å². The fourth-order valence-corrected chi connectivity index (χ4v) is 1.76. The van der Waals surface area contributed by atoms with Gasteiger partial charge in [0.25, 0.3) is 0 Å². The summed E-state index contributed by atoms with van der Waals surface area (Å²) in [4.78, 5) is 0. The van der Waals surface area contributed by atoms with Crippen LogP contribution < -0.4 is 5.32 Å². The quantitative estimate of drug-likeness (QED) is 0.574. The average Bonchev–Trinajstić information content (AvgIpc) is 2.30. The number of hydrogen-bond acceptors (Lipinski definition) is 2. The second kappa shape index (κ2) is 10.6. The van der Waals surface area contributed by atoms with E-state index < -0.39 is 12.8 Å². The van der Waals surface area contributed by atoms with Crippen molar-refractivity contribution in [3.05, 3.63) is 0 Å². The molecule has 1 unspecified atom stereocenters. The molecule has 0 spiro atoms. The molecule has 0 aliphatic carbocycles. The summed E-state index contributed by atoms with van der Waals surface area (Å²) in [6.07, 6.45) is 1.81. The molecule has 0 saturated heterocycles. The topological polar surface area (TPSA) is 21.3 Å². The first kappa shape index (κ1) is 17.7. The normalized spacial score (nSPS) is 13.8. The fourth-order valence-electron chi connectivity index (χ4n) is 1.76. The number of rotatable bonds is 11. The largest absolute Gasteiger partial charge is 0.411 e. The molecule has 1 N–H and O–H groups in total. The Balaban J connectivity index is 3.33. The van der Waals surface area contributed by atoms with Gasteiger partial charge in [-0.1, -0.05) is 26.7 Å². The van der Waals surface area contributed by atoms with Crippen LogP contribution in [0.5, 0.6) is 0 Å². The molecule has 1 atom stereocenters. The fraction of sp³-hybridized carbons (Fsp3) is 1.00. The minimum absolute atomic E-state index is 0.207. The van der Waals surface area contributed by atoms with Crippen molar-refractivity contribution in [2.75, 3.05) is 19.8 Å². The van der Waals surface area contributed by atoms with Gasteiger partial charge in [-0.3, -0.25) is 0 Å². The van der Waals surface area contributed by atoms with E-state index in [1.54, 1.807) is 0 Å². The molecule has 5 heteroatoms. The van der Waals surface area contributed by atoms with Gasteiger partial charge in [-0.15, -0.1) is 0 Å². The van der Waals surface area contributed by atoms with Gasteiger partial charge in [0.15, 0.2) is 0 Å². The van der Waals surface area contributed by atoms with E-state index in [4.69, 9.17) is 0 Å². The molecule has 0 fully saturated rings. The summed E-state index contributed by atoms with van der Waals surface area (Å²) in [6.45, 7) is 4.41. The third-order valence-corrected chi connectivity index (χ3v) is 2.78. The predicted molar refractivity (Wildman–Crippen MR) is 67.7 cm³/mol. The van der Waals surface area contributed by atoms with Crippen LogP contribution in [-0.4, -0.2) is 32.0 Å². The molecule has 18 heavy (non-hydrogen) atoms. The van der Waals surface area contributed by atoms with Crippen LogP contribution in [-0.2, 0) is 4.74 Å². The highest BCUT2D eigenvalue weighted by atomic mass is 19.4. The maximum Gasteiger partial charge on any atom is 0.411 e. The van der Waals surface area contributed by atoms with Gasteiger partial charge in [-0.25, -0.2) is 0 Å². The molecule has 0 amide bonds. The van der Waals surface area contributed by atoms with E-state index in [9.17, 15) is 13.2 Å². The lowest BCUT2D eigenvalue weighted by molar-refractivity contribution is -0.174. The van der Waals surface area contributed by atoms with Gasteiger partial charge in [0.1, 0.15) is 6.61 Å². The molecule has 0 aromatic heterocycles. The lowest BCUT2D eigenvalue weighted by Crippen LogP contribution is -2.28. The van der Waals surface area contributed by atoms with Crippen molar-refractivity contribution in [2.24, 2.45) is 0 Å². The number of nitrogens with one attached hydrogen (secondary N) is 1. The summed E-state index contributed by atoms with van der Waals surface area (Å²) in [7, 11) is 0. The Morgan fingerprint density at radius 2 is 1.83 bits per heavy atom. The van der Waals surface area contributed by atoms with Crippen molar-refractivity contribution in [3.63, 3.8) is 0 Å². The van der Waals surface area contributed by atoms with Crippen LogP contribution in [0, 0.1) is 0 Å². The summed E-state index contributed by atoms with van der Waals surface area (Å²) in [5.74, 6) is 0. The van der Waals surface area contributed by atoms with Crippen molar-refractivity contribution in [2.45, 2.75) is 64.6 Å². The van der Waals surface area contributed by atoms with E-state index in [0.717, 1.165) is 38.6 Å². The molecule has 0 saturated carbocycles. The maximum absolute atomic E-state index is 11.8. The minimum Gasteiger partial charge on any atom is -0.372 e. The van der Waals surface area contributed by atoms with E-state index >= 15 is 0 Å². The summed E-state index contributed by atoms with van der Waals surface area (Å²) >= 11 is 0. The summed E-state index contributed by atoms with van der Waals surface area (Å²) in [5, 5.41) is 3.46. The second-order valence-electron chi connectivity index (χ2n) is 4.58. The summed E-state index contributed by atoms with van der Waals surface area (Å²) < 4.78 is 39.9. The summed E-state index contributed by atoms with van der Waals surface area (Å²) in [6, 6.07) is 0.543. The van der Waals surface area contributed by atoms with Crippen molar-refractivity contribution < 1.29 is 17.9 Å². The van der Waals surface area contributed by atoms with Crippen molar-refractivity contribution in [3.8, 4) is 0 Å². The zero-order valence-electron chi connectivity index (χ0n) is 11.5. The number of ether oxygens (including phenoxy) is 1. The standard InChI is InChI=1S/C13H26F3NO/c1-3-9-17-12(4-2)8-6-5-7-10-18-11-13(14,15)16/h12,17H,3-11H2,1-2H3. The van der Waals surface area contributed by atoms with E-state index in [-0.39, 0.29) is 6.61 Å². The first-order chi connectivity index (χ1) is 8.49. The van der Waals surface area contributed by atoms with Crippen LogP contribution in [0.4, 0.5) is 13.2 Å². The third kappa shape index (κ3) is 12.2. The van der Waals surface area contributed by atoms with E-state index in [2.05, 4.69) is 23.9 Å². The van der Waals surface area contributed by atoms with Gasteiger partial charge in [-0.05, 0) is 32.2 Å². The second-order valence-corrected chi connectivity index (χ2v) is 4.58. The highest BCUT2D eigenvalue weighted by molar-refractivity contribution is 4.64. The van der Waals surface area contributed by atoms with Crippen molar-refractivity contribution in [1.82, 2.24) is 5.32 Å². The van der Waals surface area contributed by atoms with Crippen LogP contribution in [0.1, 0.15) is 52.4 Å². The molecular formula is C13H26F3NO. The van der Waals surface area contributed by atoms with Crippen LogP contribution in [0.15, 0.2) is 0 Å². The van der Waals surface area contributed by atoms with Gasteiger partial charge in [0.05, 0.1) is 0 Å². The molecule has 0 aromatic rings. The van der Waals surface area contributed by atoms with Crippen molar-refractivity contribution >= 4 is 0 Å². The molecule has 0 radical (unpaired) electrons. The van der Waals surface area contributed by atoms with Gasteiger partial charge >= 0.3 is 6.18 Å². The third-order valence-electron chi connectivity index (χ3n) is 2.78. The molecule has 0 rings (SSSR count). The molecule has 0 aromatic carbocycles. The zero-order chi connectivity index (χ0) is 13.9. The molecule has 110 valence electrons. The van der Waals surface area contributed by atoms with E-state index in [1.165, 1.54) is 0 Å². The van der Waals surface area contributed by atoms with E-state index in [0.29, 0.717) is 12.5 Å². The van der Waals surface area contributed by atoms with Crippen LogP contribution >= 0.6 is 0 Å². The first-order valence-corrected chi connectivity index (χ1v) is 6.87. The predicted octanol–water partition coefficient (Wildman–Crippen LogP) is 3.90. The molecule has 0 heterocycles. The first-order valence-electron chi connectivity index (χ1n) is 6.87. The van der Waals surface area contributed by atoms with E-state index in [1.807, 2.05) is 0 Å².